The lowest BCUT2D eigenvalue weighted by molar-refractivity contribution is 0.0836. The van der Waals surface area contributed by atoms with Gasteiger partial charge in [0, 0.05) is 24.1 Å². The van der Waals surface area contributed by atoms with Crippen LogP contribution in [-0.4, -0.2) is 25.2 Å². The third kappa shape index (κ3) is 2.36. The lowest BCUT2D eigenvalue weighted by atomic mass is 10.1. The van der Waals surface area contributed by atoms with E-state index in [1.165, 1.54) is 0 Å². The highest BCUT2D eigenvalue weighted by molar-refractivity contribution is 5.98. The minimum absolute atomic E-state index is 0.147. The maximum Gasteiger partial charge on any atom is 0.287 e. The zero-order valence-corrected chi connectivity index (χ0v) is 10.9. The lowest BCUT2D eigenvalue weighted by Gasteiger charge is -2.09. The Morgan fingerprint density at radius 2 is 2.26 bits per heavy atom. The summed E-state index contributed by atoms with van der Waals surface area (Å²) in [7, 11) is 0. The summed E-state index contributed by atoms with van der Waals surface area (Å²) in [6.45, 7) is 3.26. The van der Waals surface area contributed by atoms with Crippen molar-refractivity contribution in [2.45, 2.75) is 25.9 Å². The Balaban J connectivity index is 1.75. The second-order valence-corrected chi connectivity index (χ2v) is 4.90. The van der Waals surface area contributed by atoms with E-state index >= 15 is 0 Å². The van der Waals surface area contributed by atoms with Crippen LogP contribution >= 0.6 is 0 Å². The number of hydrogen-bond acceptors (Lipinski definition) is 3. The minimum Gasteiger partial charge on any atom is -0.451 e. The van der Waals surface area contributed by atoms with Crippen molar-refractivity contribution in [1.29, 1.82) is 0 Å². The normalized spacial score (nSPS) is 18.9. The van der Waals surface area contributed by atoms with Gasteiger partial charge in [-0.05, 0) is 25.8 Å². The fourth-order valence-corrected chi connectivity index (χ4v) is 2.48. The molecular formula is C15H17NO3. The Morgan fingerprint density at radius 3 is 3.00 bits per heavy atom. The van der Waals surface area contributed by atoms with Crippen molar-refractivity contribution in [3.63, 3.8) is 0 Å². The van der Waals surface area contributed by atoms with Gasteiger partial charge in [-0.3, -0.25) is 4.79 Å². The van der Waals surface area contributed by atoms with E-state index < -0.39 is 0 Å². The summed E-state index contributed by atoms with van der Waals surface area (Å²) in [5.41, 5.74) is 1.64. The third-order valence-electron chi connectivity index (χ3n) is 3.56. The second kappa shape index (κ2) is 5.05. The first kappa shape index (κ1) is 12.2. The largest absolute Gasteiger partial charge is 0.451 e. The number of hydrogen-bond donors (Lipinski definition) is 1. The third-order valence-corrected chi connectivity index (χ3v) is 3.56. The van der Waals surface area contributed by atoms with Crippen LogP contribution in [-0.2, 0) is 4.74 Å². The molecule has 2 aromatic rings. The standard InChI is InChI=1S/C15H17NO3/c1-10-12-6-2-3-7-13(12)19-14(10)15(17)16-9-11-5-4-8-18-11/h2-3,6-7,11H,4-5,8-9H2,1H3,(H,16,17)/t11-/m1/s1. The van der Waals surface area contributed by atoms with Crippen LogP contribution in [0.3, 0.4) is 0 Å². The predicted molar refractivity (Wildman–Crippen MR) is 72.3 cm³/mol. The molecule has 100 valence electrons. The van der Waals surface area contributed by atoms with Crippen molar-refractivity contribution < 1.29 is 13.9 Å². The lowest BCUT2D eigenvalue weighted by Crippen LogP contribution is -2.31. The average Bonchev–Trinajstić information content (AvgIpc) is 3.05. The maximum atomic E-state index is 12.1. The summed E-state index contributed by atoms with van der Waals surface area (Å²) in [5.74, 6) is 0.239. The van der Waals surface area contributed by atoms with Crippen LogP contribution in [0, 0.1) is 6.92 Å². The van der Waals surface area contributed by atoms with Gasteiger partial charge in [-0.1, -0.05) is 18.2 Å². The van der Waals surface area contributed by atoms with Crippen molar-refractivity contribution in [3.05, 3.63) is 35.6 Å². The summed E-state index contributed by atoms with van der Waals surface area (Å²) < 4.78 is 11.1. The van der Waals surface area contributed by atoms with E-state index in [4.69, 9.17) is 9.15 Å². The Bertz CT molecular complexity index is 596. The molecule has 1 aromatic carbocycles. The fraction of sp³-hybridized carbons (Fsp3) is 0.400. The SMILES string of the molecule is Cc1c(C(=O)NC[C@H]2CCCO2)oc2ccccc12. The van der Waals surface area contributed by atoms with Crippen LogP contribution in [0.2, 0.25) is 0 Å². The van der Waals surface area contributed by atoms with E-state index in [2.05, 4.69) is 5.32 Å². The summed E-state index contributed by atoms with van der Waals surface area (Å²) >= 11 is 0. The quantitative estimate of drug-likeness (QED) is 0.922. The minimum atomic E-state index is -0.163. The Hall–Kier alpha value is -1.81. The number of furan rings is 1. The van der Waals surface area contributed by atoms with E-state index in [-0.39, 0.29) is 12.0 Å². The molecular weight excluding hydrogens is 242 g/mol. The molecule has 0 bridgehead atoms. The van der Waals surface area contributed by atoms with Crippen molar-refractivity contribution in [2.24, 2.45) is 0 Å². The molecule has 0 saturated carbocycles. The van der Waals surface area contributed by atoms with Gasteiger partial charge in [0.1, 0.15) is 5.58 Å². The first-order valence-electron chi connectivity index (χ1n) is 6.63. The van der Waals surface area contributed by atoms with Gasteiger partial charge in [0.05, 0.1) is 6.10 Å². The van der Waals surface area contributed by atoms with Crippen molar-refractivity contribution in [1.82, 2.24) is 5.32 Å². The molecule has 19 heavy (non-hydrogen) atoms. The molecule has 1 aromatic heterocycles. The second-order valence-electron chi connectivity index (χ2n) is 4.90. The fourth-order valence-electron chi connectivity index (χ4n) is 2.48. The molecule has 2 heterocycles. The summed E-state index contributed by atoms with van der Waals surface area (Å²) in [5, 5.41) is 3.88. The number of fused-ring (bicyclic) bond motifs is 1. The highest BCUT2D eigenvalue weighted by Crippen LogP contribution is 2.24. The zero-order chi connectivity index (χ0) is 13.2. The number of ether oxygens (including phenoxy) is 1. The van der Waals surface area contributed by atoms with Crippen LogP contribution in [0.5, 0.6) is 0 Å². The number of amides is 1. The van der Waals surface area contributed by atoms with Crippen molar-refractivity contribution in [3.8, 4) is 0 Å². The molecule has 1 atom stereocenters. The number of nitrogens with one attached hydrogen (secondary N) is 1. The van der Waals surface area contributed by atoms with Gasteiger partial charge >= 0.3 is 0 Å². The Kier molecular flexibility index (Phi) is 3.25. The number of para-hydroxylation sites is 1. The molecule has 1 saturated heterocycles. The molecule has 1 aliphatic heterocycles. The van der Waals surface area contributed by atoms with Crippen molar-refractivity contribution >= 4 is 16.9 Å². The van der Waals surface area contributed by atoms with Gasteiger partial charge in [-0.25, -0.2) is 0 Å². The van der Waals surface area contributed by atoms with Crippen LogP contribution in [0.15, 0.2) is 28.7 Å². The topological polar surface area (TPSA) is 51.5 Å². The number of aryl methyl sites for hydroxylation is 1. The van der Waals surface area contributed by atoms with Crippen molar-refractivity contribution in [2.75, 3.05) is 13.2 Å². The van der Waals surface area contributed by atoms with E-state index in [0.29, 0.717) is 12.3 Å². The molecule has 0 spiro atoms. The average molecular weight is 259 g/mol. The summed E-state index contributed by atoms with van der Waals surface area (Å²) in [6, 6.07) is 7.68. The molecule has 1 fully saturated rings. The Labute approximate surface area is 111 Å². The van der Waals surface area contributed by atoms with Gasteiger partial charge < -0.3 is 14.5 Å². The number of rotatable bonds is 3. The van der Waals surface area contributed by atoms with Gasteiger partial charge in [-0.2, -0.15) is 0 Å². The molecule has 4 nitrogen and oxygen atoms in total. The molecule has 0 aliphatic carbocycles. The van der Waals surface area contributed by atoms with Gasteiger partial charge in [0.2, 0.25) is 0 Å². The first-order chi connectivity index (χ1) is 9.25. The first-order valence-corrected chi connectivity index (χ1v) is 6.63. The highest BCUT2D eigenvalue weighted by Gasteiger charge is 2.20. The molecule has 1 aliphatic rings. The van der Waals surface area contributed by atoms with E-state index in [1.807, 2.05) is 31.2 Å². The highest BCUT2D eigenvalue weighted by atomic mass is 16.5. The zero-order valence-electron chi connectivity index (χ0n) is 10.9. The summed E-state index contributed by atoms with van der Waals surface area (Å²) in [6.07, 6.45) is 2.23. The van der Waals surface area contributed by atoms with Gasteiger partial charge in [-0.15, -0.1) is 0 Å². The monoisotopic (exact) mass is 259 g/mol. The molecule has 1 amide bonds. The summed E-state index contributed by atoms with van der Waals surface area (Å²) in [4.78, 5) is 12.1. The van der Waals surface area contributed by atoms with E-state index in [9.17, 15) is 4.79 Å². The number of benzene rings is 1. The number of carbonyl (C=O) groups excluding carboxylic acids is 1. The van der Waals surface area contributed by atoms with Crippen LogP contribution < -0.4 is 5.32 Å². The smallest absolute Gasteiger partial charge is 0.287 e. The van der Waals surface area contributed by atoms with E-state index in [1.54, 1.807) is 0 Å². The molecule has 3 rings (SSSR count). The van der Waals surface area contributed by atoms with Gasteiger partial charge in [0.15, 0.2) is 5.76 Å². The molecule has 0 unspecified atom stereocenters. The molecule has 1 N–H and O–H groups in total. The van der Waals surface area contributed by atoms with Gasteiger partial charge in [0.25, 0.3) is 5.91 Å². The predicted octanol–water partition coefficient (Wildman–Crippen LogP) is 2.65. The van der Waals surface area contributed by atoms with Crippen LogP contribution in [0.25, 0.3) is 11.0 Å². The Morgan fingerprint density at radius 1 is 1.42 bits per heavy atom. The van der Waals surface area contributed by atoms with E-state index in [0.717, 1.165) is 36.0 Å². The molecule has 4 heteroatoms. The number of carbonyl (C=O) groups is 1. The molecule has 0 radical (unpaired) electrons. The van der Waals surface area contributed by atoms with Crippen LogP contribution in [0.1, 0.15) is 29.0 Å². The maximum absolute atomic E-state index is 12.1. The van der Waals surface area contributed by atoms with Crippen LogP contribution in [0.4, 0.5) is 0 Å².